The highest BCUT2D eigenvalue weighted by atomic mass is 16.5. The zero-order chi connectivity index (χ0) is 9.90. The lowest BCUT2D eigenvalue weighted by Gasteiger charge is -2.35. The second kappa shape index (κ2) is 4.40. The minimum atomic E-state index is -0.133. The van der Waals surface area contributed by atoms with Crippen LogP contribution in [0.2, 0.25) is 0 Å². The molecular weight excluding hydrogens is 166 g/mol. The van der Waals surface area contributed by atoms with Crippen LogP contribution in [-0.2, 0) is 4.74 Å². The second-order valence-electron chi connectivity index (χ2n) is 4.49. The van der Waals surface area contributed by atoms with E-state index in [0.29, 0.717) is 6.10 Å². The molecule has 78 valence electrons. The van der Waals surface area contributed by atoms with Crippen LogP contribution in [0.5, 0.6) is 0 Å². The molecule has 3 nitrogen and oxygen atoms in total. The number of likely N-dealkylation sites (N-methyl/N-ethyl adjacent to an activating group) is 1. The van der Waals surface area contributed by atoms with Gasteiger partial charge in [0.2, 0.25) is 0 Å². The summed E-state index contributed by atoms with van der Waals surface area (Å²) < 4.78 is 5.54. The van der Waals surface area contributed by atoms with E-state index in [2.05, 4.69) is 4.90 Å². The Balaban J connectivity index is 2.34. The van der Waals surface area contributed by atoms with Crippen LogP contribution < -0.4 is 0 Å². The SMILES string of the molecule is CN(CC1CCCO1)C(C)(C)CO. The zero-order valence-electron chi connectivity index (χ0n) is 8.92. The highest BCUT2D eigenvalue weighted by Crippen LogP contribution is 2.17. The predicted octanol–water partition coefficient (Wildman–Crippen LogP) is 0.868. The molecule has 0 aromatic carbocycles. The quantitative estimate of drug-likeness (QED) is 0.709. The number of aliphatic hydroxyl groups excluding tert-OH is 1. The second-order valence-corrected chi connectivity index (χ2v) is 4.49. The highest BCUT2D eigenvalue weighted by molar-refractivity contribution is 4.81. The van der Waals surface area contributed by atoms with Crippen LogP contribution in [0.15, 0.2) is 0 Å². The first-order chi connectivity index (χ1) is 6.06. The molecule has 1 saturated heterocycles. The maximum atomic E-state index is 9.16. The van der Waals surface area contributed by atoms with Crippen molar-refractivity contribution in [2.75, 3.05) is 26.8 Å². The van der Waals surface area contributed by atoms with Gasteiger partial charge < -0.3 is 9.84 Å². The van der Waals surface area contributed by atoms with E-state index in [-0.39, 0.29) is 12.1 Å². The summed E-state index contributed by atoms with van der Waals surface area (Å²) in [6.07, 6.45) is 2.71. The Morgan fingerprint density at radius 3 is 2.69 bits per heavy atom. The normalized spacial score (nSPS) is 24.2. The van der Waals surface area contributed by atoms with Crippen LogP contribution in [-0.4, -0.2) is 48.5 Å². The van der Waals surface area contributed by atoms with E-state index in [1.54, 1.807) is 0 Å². The lowest BCUT2D eigenvalue weighted by atomic mass is 10.0. The molecule has 0 aromatic rings. The van der Waals surface area contributed by atoms with E-state index >= 15 is 0 Å². The van der Waals surface area contributed by atoms with Crippen molar-refractivity contribution in [2.24, 2.45) is 0 Å². The number of nitrogens with zero attached hydrogens (tertiary/aromatic N) is 1. The molecule has 0 spiro atoms. The van der Waals surface area contributed by atoms with Gasteiger partial charge in [0.15, 0.2) is 0 Å². The van der Waals surface area contributed by atoms with Gasteiger partial charge in [-0.1, -0.05) is 0 Å². The van der Waals surface area contributed by atoms with Crippen molar-refractivity contribution in [3.8, 4) is 0 Å². The van der Waals surface area contributed by atoms with Gasteiger partial charge in [-0.05, 0) is 33.7 Å². The van der Waals surface area contributed by atoms with Gasteiger partial charge in [0.1, 0.15) is 0 Å². The molecule has 1 atom stereocenters. The fourth-order valence-corrected chi connectivity index (χ4v) is 1.46. The standard InChI is InChI=1S/C10H21NO2/c1-10(2,8-12)11(3)7-9-5-4-6-13-9/h9,12H,4-8H2,1-3H3. The van der Waals surface area contributed by atoms with Gasteiger partial charge in [-0.25, -0.2) is 0 Å². The van der Waals surface area contributed by atoms with Crippen molar-refractivity contribution in [2.45, 2.75) is 38.3 Å². The summed E-state index contributed by atoms with van der Waals surface area (Å²) in [6, 6.07) is 0. The van der Waals surface area contributed by atoms with Crippen molar-refractivity contribution in [3.63, 3.8) is 0 Å². The summed E-state index contributed by atoms with van der Waals surface area (Å²) in [5.41, 5.74) is -0.133. The van der Waals surface area contributed by atoms with Crippen LogP contribution in [0, 0.1) is 0 Å². The molecule has 0 aliphatic carbocycles. The molecule has 0 saturated carbocycles. The summed E-state index contributed by atoms with van der Waals surface area (Å²) in [5, 5.41) is 9.16. The average Bonchev–Trinajstić information content (AvgIpc) is 2.57. The molecule has 1 fully saturated rings. The van der Waals surface area contributed by atoms with Gasteiger partial charge in [0.05, 0.1) is 12.7 Å². The molecule has 0 radical (unpaired) electrons. The Hall–Kier alpha value is -0.120. The molecular formula is C10H21NO2. The maximum absolute atomic E-state index is 9.16. The van der Waals surface area contributed by atoms with E-state index in [0.717, 1.165) is 19.6 Å². The van der Waals surface area contributed by atoms with Gasteiger partial charge in [-0.2, -0.15) is 0 Å². The van der Waals surface area contributed by atoms with Crippen molar-refractivity contribution in [3.05, 3.63) is 0 Å². The first-order valence-corrected chi connectivity index (χ1v) is 5.00. The van der Waals surface area contributed by atoms with Crippen molar-refractivity contribution in [1.82, 2.24) is 4.90 Å². The molecule has 0 bridgehead atoms. The topological polar surface area (TPSA) is 32.7 Å². The van der Waals surface area contributed by atoms with Gasteiger partial charge >= 0.3 is 0 Å². The molecule has 3 heteroatoms. The van der Waals surface area contributed by atoms with E-state index in [9.17, 15) is 0 Å². The Morgan fingerprint density at radius 1 is 1.54 bits per heavy atom. The fourth-order valence-electron chi connectivity index (χ4n) is 1.46. The van der Waals surface area contributed by atoms with Gasteiger partial charge in [-0.15, -0.1) is 0 Å². The first kappa shape index (κ1) is 11.0. The summed E-state index contributed by atoms with van der Waals surface area (Å²) >= 11 is 0. The third-order valence-corrected chi connectivity index (χ3v) is 2.92. The lowest BCUT2D eigenvalue weighted by molar-refractivity contribution is 0.0230. The van der Waals surface area contributed by atoms with Crippen molar-refractivity contribution < 1.29 is 9.84 Å². The predicted molar refractivity (Wildman–Crippen MR) is 52.8 cm³/mol. The molecule has 1 heterocycles. The molecule has 13 heavy (non-hydrogen) atoms. The summed E-state index contributed by atoms with van der Waals surface area (Å²) in [4.78, 5) is 2.17. The smallest absolute Gasteiger partial charge is 0.0702 e. The largest absolute Gasteiger partial charge is 0.394 e. The molecule has 1 unspecified atom stereocenters. The lowest BCUT2D eigenvalue weighted by Crippen LogP contribution is -2.47. The Morgan fingerprint density at radius 2 is 2.23 bits per heavy atom. The Bertz CT molecular complexity index is 153. The Labute approximate surface area is 80.7 Å². The zero-order valence-corrected chi connectivity index (χ0v) is 8.92. The summed E-state index contributed by atoms with van der Waals surface area (Å²) in [6.45, 7) is 6.10. The van der Waals surface area contributed by atoms with Gasteiger partial charge in [-0.3, -0.25) is 4.90 Å². The first-order valence-electron chi connectivity index (χ1n) is 5.00. The van der Waals surface area contributed by atoms with Crippen molar-refractivity contribution >= 4 is 0 Å². The number of aliphatic hydroxyl groups is 1. The minimum Gasteiger partial charge on any atom is -0.394 e. The molecule has 1 aliphatic heterocycles. The number of hydrogen-bond acceptors (Lipinski definition) is 3. The summed E-state index contributed by atoms with van der Waals surface area (Å²) in [7, 11) is 2.04. The monoisotopic (exact) mass is 187 g/mol. The highest BCUT2D eigenvalue weighted by Gasteiger charge is 2.26. The number of rotatable bonds is 4. The van der Waals surface area contributed by atoms with Gasteiger partial charge in [0.25, 0.3) is 0 Å². The number of hydrogen-bond donors (Lipinski definition) is 1. The maximum Gasteiger partial charge on any atom is 0.0702 e. The van der Waals surface area contributed by atoms with E-state index < -0.39 is 0 Å². The van der Waals surface area contributed by atoms with Crippen LogP contribution in [0.1, 0.15) is 26.7 Å². The molecule has 1 N–H and O–H groups in total. The molecule has 1 rings (SSSR count). The van der Waals surface area contributed by atoms with Crippen LogP contribution in [0.3, 0.4) is 0 Å². The van der Waals surface area contributed by atoms with E-state index in [1.807, 2.05) is 20.9 Å². The van der Waals surface area contributed by atoms with Gasteiger partial charge in [0, 0.05) is 18.7 Å². The molecule has 1 aliphatic rings. The third kappa shape index (κ3) is 2.93. The Kier molecular flexibility index (Phi) is 3.71. The third-order valence-electron chi connectivity index (χ3n) is 2.92. The van der Waals surface area contributed by atoms with Crippen LogP contribution >= 0.6 is 0 Å². The molecule has 0 amide bonds. The van der Waals surface area contributed by atoms with Crippen LogP contribution in [0.25, 0.3) is 0 Å². The van der Waals surface area contributed by atoms with E-state index in [4.69, 9.17) is 9.84 Å². The minimum absolute atomic E-state index is 0.133. The molecule has 0 aromatic heterocycles. The van der Waals surface area contributed by atoms with Crippen LogP contribution in [0.4, 0.5) is 0 Å². The summed E-state index contributed by atoms with van der Waals surface area (Å²) in [5.74, 6) is 0. The van der Waals surface area contributed by atoms with E-state index in [1.165, 1.54) is 6.42 Å². The average molecular weight is 187 g/mol. The van der Waals surface area contributed by atoms with Crippen molar-refractivity contribution in [1.29, 1.82) is 0 Å². The fraction of sp³-hybridized carbons (Fsp3) is 1.00. The number of ether oxygens (including phenoxy) is 1.